The number of urea groups is 1. The number of ether oxygens (including phenoxy) is 2. The topological polar surface area (TPSA) is 145 Å². The molecule has 3 atom stereocenters. The van der Waals surface area contributed by atoms with Crippen LogP contribution in [0.2, 0.25) is 0 Å². The normalized spacial score (nSPS) is 20.7. The highest BCUT2D eigenvalue weighted by atomic mass is 19.1. The summed E-state index contributed by atoms with van der Waals surface area (Å²) in [5.41, 5.74) is 3.55. The Balaban J connectivity index is 1.27. The van der Waals surface area contributed by atoms with Crippen molar-refractivity contribution in [3.8, 4) is 34.0 Å². The largest absolute Gasteiger partial charge is 0.491 e. The van der Waals surface area contributed by atoms with Crippen LogP contribution in [0.5, 0.6) is 11.6 Å². The summed E-state index contributed by atoms with van der Waals surface area (Å²) in [6.45, 7) is 2.85. The molecule has 0 spiro atoms. The number of carbonyl (C=O) groups is 3. The average Bonchev–Trinajstić information content (AvgIpc) is 3.66. The lowest BCUT2D eigenvalue weighted by Gasteiger charge is -2.33. The van der Waals surface area contributed by atoms with E-state index in [4.69, 9.17) is 14.5 Å². The number of aromatic nitrogens is 1. The molecule has 3 aliphatic rings. The van der Waals surface area contributed by atoms with Gasteiger partial charge in [-0.3, -0.25) is 14.5 Å². The van der Waals surface area contributed by atoms with Crippen molar-refractivity contribution < 1.29 is 33.4 Å². The molecule has 1 unspecified atom stereocenters. The quantitative estimate of drug-likeness (QED) is 0.297. The van der Waals surface area contributed by atoms with Crippen LogP contribution in [-0.4, -0.2) is 84.4 Å². The SMILES string of the molecule is COc1nc(-c2cccc(-c3cccc(NC(=O)C4=CN(C)C(=O)N(C)C4O)c3F)c2C)cc2c1[C@@H](NC[C@@H]1CCC(=O)N1)CO2. The van der Waals surface area contributed by atoms with Gasteiger partial charge in [-0.1, -0.05) is 30.3 Å². The van der Waals surface area contributed by atoms with Gasteiger partial charge in [-0.05, 0) is 30.5 Å². The Morgan fingerprint density at radius 1 is 1.17 bits per heavy atom. The predicted molar refractivity (Wildman–Crippen MR) is 167 cm³/mol. The molecule has 2 aromatic carbocycles. The van der Waals surface area contributed by atoms with Gasteiger partial charge in [0.05, 0.1) is 35.7 Å². The van der Waals surface area contributed by atoms with Crippen molar-refractivity contribution in [2.24, 2.45) is 0 Å². The number of aliphatic hydroxyl groups is 1. The molecule has 6 rings (SSSR count). The minimum Gasteiger partial charge on any atom is -0.491 e. The average molecular weight is 631 g/mol. The molecule has 1 aromatic heterocycles. The summed E-state index contributed by atoms with van der Waals surface area (Å²) in [6.07, 6.45) is 1.06. The van der Waals surface area contributed by atoms with Gasteiger partial charge in [-0.25, -0.2) is 14.2 Å². The number of carbonyl (C=O) groups excluding carboxylic acids is 3. The number of aliphatic hydroxyl groups excluding tert-OH is 1. The van der Waals surface area contributed by atoms with Crippen molar-refractivity contribution in [3.05, 3.63) is 71.2 Å². The third kappa shape index (κ3) is 5.63. The van der Waals surface area contributed by atoms with Crippen molar-refractivity contribution in [2.45, 2.75) is 38.1 Å². The molecule has 13 heteroatoms. The van der Waals surface area contributed by atoms with Crippen LogP contribution in [-0.2, 0) is 9.59 Å². The Morgan fingerprint density at radius 3 is 2.65 bits per heavy atom. The van der Waals surface area contributed by atoms with Crippen LogP contribution in [0.25, 0.3) is 22.4 Å². The maximum Gasteiger partial charge on any atom is 0.325 e. The molecule has 240 valence electrons. The Kier molecular flexibility index (Phi) is 8.36. The van der Waals surface area contributed by atoms with Gasteiger partial charge in [-0.2, -0.15) is 0 Å². The number of rotatable bonds is 8. The number of anilines is 1. The number of hydrogen-bond acceptors (Lipinski definition) is 8. The fraction of sp³-hybridized carbons (Fsp3) is 0.333. The number of pyridine rings is 1. The second kappa shape index (κ2) is 12.4. The summed E-state index contributed by atoms with van der Waals surface area (Å²) in [6, 6.07) is 11.4. The first-order chi connectivity index (χ1) is 22.1. The molecular weight excluding hydrogens is 595 g/mol. The van der Waals surface area contributed by atoms with Gasteiger partial charge >= 0.3 is 6.03 Å². The van der Waals surface area contributed by atoms with E-state index in [1.54, 1.807) is 31.4 Å². The molecule has 3 aliphatic heterocycles. The highest BCUT2D eigenvalue weighted by molar-refractivity contribution is 6.06. The number of likely N-dealkylation sites (N-methyl/N-ethyl adjacent to an activating group) is 1. The predicted octanol–water partition coefficient (Wildman–Crippen LogP) is 3.31. The Bertz CT molecular complexity index is 1760. The fourth-order valence-electron chi connectivity index (χ4n) is 6.08. The summed E-state index contributed by atoms with van der Waals surface area (Å²) in [5.74, 6) is -0.293. The van der Waals surface area contributed by atoms with Crippen LogP contribution < -0.4 is 25.4 Å². The molecule has 1 saturated heterocycles. The van der Waals surface area contributed by atoms with Gasteiger partial charge in [0, 0.05) is 56.5 Å². The Labute approximate surface area is 265 Å². The van der Waals surface area contributed by atoms with E-state index in [-0.39, 0.29) is 34.8 Å². The van der Waals surface area contributed by atoms with E-state index < -0.39 is 24.0 Å². The molecule has 1 fully saturated rings. The van der Waals surface area contributed by atoms with Crippen LogP contribution in [0.4, 0.5) is 14.9 Å². The molecule has 0 bridgehead atoms. The molecule has 4 heterocycles. The van der Waals surface area contributed by atoms with Gasteiger partial charge < -0.3 is 35.4 Å². The minimum absolute atomic E-state index is 0.0597. The lowest BCUT2D eigenvalue weighted by Crippen LogP contribution is -2.49. The second-order valence-corrected chi connectivity index (χ2v) is 11.6. The minimum atomic E-state index is -1.48. The lowest BCUT2D eigenvalue weighted by molar-refractivity contribution is -0.119. The summed E-state index contributed by atoms with van der Waals surface area (Å²) in [4.78, 5) is 43.7. The molecular formula is C33H35FN6O6. The Hall–Kier alpha value is -5.01. The number of methoxy groups -OCH3 is 1. The number of halogens is 1. The molecule has 0 radical (unpaired) electrons. The van der Waals surface area contributed by atoms with E-state index in [0.717, 1.165) is 28.0 Å². The number of fused-ring (bicyclic) bond motifs is 1. The number of amides is 4. The monoisotopic (exact) mass is 630 g/mol. The third-order valence-corrected chi connectivity index (χ3v) is 8.62. The van der Waals surface area contributed by atoms with Crippen molar-refractivity contribution in [1.29, 1.82) is 0 Å². The number of nitrogens with zero attached hydrogens (tertiary/aromatic N) is 3. The molecule has 12 nitrogen and oxygen atoms in total. The molecule has 4 amide bonds. The highest BCUT2D eigenvalue weighted by Gasteiger charge is 2.34. The second-order valence-electron chi connectivity index (χ2n) is 11.6. The third-order valence-electron chi connectivity index (χ3n) is 8.62. The maximum atomic E-state index is 16.0. The molecule has 0 aliphatic carbocycles. The molecule has 4 N–H and O–H groups in total. The maximum absolute atomic E-state index is 16.0. The van der Waals surface area contributed by atoms with Crippen molar-refractivity contribution in [1.82, 2.24) is 25.4 Å². The number of hydrogen-bond donors (Lipinski definition) is 4. The summed E-state index contributed by atoms with van der Waals surface area (Å²) in [5, 5.41) is 19.4. The molecule has 0 saturated carbocycles. The molecule has 46 heavy (non-hydrogen) atoms. The number of nitrogens with one attached hydrogen (secondary N) is 3. The zero-order valence-corrected chi connectivity index (χ0v) is 25.9. The van der Waals surface area contributed by atoms with Gasteiger partial charge in [0.1, 0.15) is 12.4 Å². The van der Waals surface area contributed by atoms with Crippen molar-refractivity contribution in [3.63, 3.8) is 0 Å². The van der Waals surface area contributed by atoms with Gasteiger partial charge in [0.15, 0.2) is 12.0 Å². The fourth-order valence-corrected chi connectivity index (χ4v) is 6.08. The van der Waals surface area contributed by atoms with Gasteiger partial charge in [0.2, 0.25) is 11.8 Å². The molecule has 3 aromatic rings. The van der Waals surface area contributed by atoms with Crippen LogP contribution in [0.3, 0.4) is 0 Å². The van der Waals surface area contributed by atoms with E-state index in [9.17, 15) is 19.5 Å². The van der Waals surface area contributed by atoms with Crippen LogP contribution in [0.1, 0.15) is 30.0 Å². The smallest absolute Gasteiger partial charge is 0.325 e. The summed E-state index contributed by atoms with van der Waals surface area (Å²) in [7, 11) is 4.38. The van der Waals surface area contributed by atoms with Gasteiger partial charge in [-0.15, -0.1) is 0 Å². The van der Waals surface area contributed by atoms with Gasteiger partial charge in [0.25, 0.3) is 5.91 Å². The lowest BCUT2D eigenvalue weighted by atomic mass is 9.93. The first-order valence-electron chi connectivity index (χ1n) is 14.9. The van der Waals surface area contributed by atoms with E-state index in [0.29, 0.717) is 42.5 Å². The van der Waals surface area contributed by atoms with E-state index in [1.807, 2.05) is 19.1 Å². The highest BCUT2D eigenvalue weighted by Crippen LogP contribution is 2.42. The standard InChI is InChI=1S/C33H35FN6O6/c1-17-19(21-9-6-10-23(29(21)34)37-30(42)22-15-39(2)33(44)40(3)32(22)43)7-5-8-20(17)24-13-26-28(31(38-24)45-4)25(16-46-26)35-14-18-11-12-27(41)36-18/h5-10,13,15,18,25,32,35,43H,11-12,14,16H2,1-4H3,(H,36,41)(H,37,42)/t18-,25-,32?/m0/s1. The van der Waals surface area contributed by atoms with Crippen LogP contribution in [0, 0.1) is 12.7 Å². The van der Waals surface area contributed by atoms with E-state index >= 15 is 4.39 Å². The van der Waals surface area contributed by atoms with Crippen molar-refractivity contribution >= 4 is 23.5 Å². The number of benzene rings is 2. The van der Waals surface area contributed by atoms with Crippen molar-refractivity contribution in [2.75, 3.05) is 39.7 Å². The van der Waals surface area contributed by atoms with E-state index in [1.165, 1.54) is 31.3 Å². The first kappa shape index (κ1) is 31.0. The van der Waals surface area contributed by atoms with E-state index in [2.05, 4.69) is 16.0 Å². The zero-order chi connectivity index (χ0) is 32.7. The van der Waals surface area contributed by atoms with Crippen LogP contribution in [0.15, 0.2) is 54.2 Å². The summed E-state index contributed by atoms with van der Waals surface area (Å²) < 4.78 is 27.7. The Morgan fingerprint density at radius 2 is 1.91 bits per heavy atom. The zero-order valence-electron chi connectivity index (χ0n) is 25.9. The van der Waals surface area contributed by atoms with Crippen LogP contribution >= 0.6 is 0 Å². The first-order valence-corrected chi connectivity index (χ1v) is 14.9. The summed E-state index contributed by atoms with van der Waals surface area (Å²) >= 11 is 0.